The van der Waals surface area contributed by atoms with E-state index >= 15 is 0 Å². The van der Waals surface area contributed by atoms with Crippen LogP contribution >= 0.6 is 39.9 Å². The maximum absolute atomic E-state index is 10.5. The number of carbonyl (C=O) groups excluding carboxylic acids is 1. The number of hydrogen-bond donors (Lipinski definition) is 1. The van der Waals surface area contributed by atoms with Crippen molar-refractivity contribution in [1.82, 2.24) is 0 Å². The monoisotopic (exact) mass is 272 g/mol. The maximum atomic E-state index is 10.5. The summed E-state index contributed by atoms with van der Waals surface area (Å²) in [5.41, 5.74) is 0. The average Bonchev–Trinajstić information content (AvgIpc) is 2.55. The van der Waals surface area contributed by atoms with Crippen LogP contribution in [0, 0.1) is 0 Å². The van der Waals surface area contributed by atoms with Gasteiger partial charge in [-0.2, -0.15) is 0 Å². The number of aldehydes is 1. The Morgan fingerprint density at radius 2 is 2.23 bits per heavy atom. The molecule has 1 nitrogen and oxygen atoms in total. The first-order valence-electron chi connectivity index (χ1n) is 3.58. The smallest absolute Gasteiger partial charge is 0.160 e. The molecule has 0 atom stereocenters. The van der Waals surface area contributed by atoms with Crippen LogP contribution in [0.3, 0.4) is 0 Å². The van der Waals surface area contributed by atoms with E-state index in [1.807, 2.05) is 18.2 Å². The Balaban J connectivity index is 2.83. The lowest BCUT2D eigenvalue weighted by atomic mass is 10.2. The first-order chi connectivity index (χ1) is 6.22. The second-order valence-electron chi connectivity index (χ2n) is 2.58. The van der Waals surface area contributed by atoms with Crippen molar-refractivity contribution in [1.29, 1.82) is 0 Å². The molecule has 0 spiro atoms. The molecule has 0 aliphatic rings. The summed E-state index contributed by atoms with van der Waals surface area (Å²) < 4.78 is 2.02. The molecule has 0 fully saturated rings. The lowest BCUT2D eigenvalue weighted by Crippen LogP contribution is -1.69. The van der Waals surface area contributed by atoms with Crippen molar-refractivity contribution in [2.24, 2.45) is 0 Å². The molecule has 2 rings (SSSR count). The quantitative estimate of drug-likeness (QED) is 0.618. The predicted octanol–water partition coefficient (Wildman–Crippen LogP) is 3.77. The normalized spacial score (nSPS) is 10.6. The Morgan fingerprint density at radius 1 is 1.46 bits per heavy atom. The molecule has 0 aliphatic carbocycles. The fourth-order valence-electron chi connectivity index (χ4n) is 1.14. The topological polar surface area (TPSA) is 17.1 Å². The zero-order chi connectivity index (χ0) is 9.42. The van der Waals surface area contributed by atoms with Crippen molar-refractivity contribution in [3.63, 3.8) is 0 Å². The highest BCUT2D eigenvalue weighted by molar-refractivity contribution is 9.10. The minimum absolute atomic E-state index is 0.739. The molecule has 4 heteroatoms. The number of thiophene rings is 1. The Bertz CT molecular complexity index is 476. The number of hydrogen-bond acceptors (Lipinski definition) is 3. The van der Waals surface area contributed by atoms with E-state index in [9.17, 15) is 4.79 Å². The number of halogens is 1. The van der Waals surface area contributed by atoms with Crippen molar-refractivity contribution >= 4 is 56.3 Å². The molecule has 0 bridgehead atoms. The number of fused-ring (bicyclic) bond motifs is 1. The molecule has 1 aromatic carbocycles. The lowest BCUT2D eigenvalue weighted by molar-refractivity contribution is 0.112. The molecule has 2 aromatic rings. The lowest BCUT2D eigenvalue weighted by Gasteiger charge is -1.96. The van der Waals surface area contributed by atoms with Gasteiger partial charge in [0, 0.05) is 14.1 Å². The molecule has 0 amide bonds. The highest BCUT2D eigenvalue weighted by Gasteiger charge is 2.06. The van der Waals surface area contributed by atoms with Gasteiger partial charge in [-0.15, -0.1) is 24.0 Å². The van der Waals surface area contributed by atoms with E-state index in [1.54, 1.807) is 0 Å². The van der Waals surface area contributed by atoms with Gasteiger partial charge >= 0.3 is 0 Å². The summed E-state index contributed by atoms with van der Waals surface area (Å²) >= 11 is 9.22. The van der Waals surface area contributed by atoms with Crippen LogP contribution in [0.1, 0.15) is 9.67 Å². The highest BCUT2D eigenvalue weighted by atomic mass is 79.9. The number of carbonyl (C=O) groups is 1. The van der Waals surface area contributed by atoms with Crippen LogP contribution in [0.2, 0.25) is 0 Å². The van der Waals surface area contributed by atoms with E-state index in [4.69, 9.17) is 0 Å². The van der Waals surface area contributed by atoms with Gasteiger partial charge < -0.3 is 0 Å². The van der Waals surface area contributed by atoms with Gasteiger partial charge in [0.25, 0.3) is 0 Å². The molecule has 0 aliphatic heterocycles. The summed E-state index contributed by atoms with van der Waals surface area (Å²) in [6.45, 7) is 0. The molecule has 0 unspecified atom stereocenters. The van der Waals surface area contributed by atoms with Gasteiger partial charge in [0.2, 0.25) is 0 Å². The summed E-state index contributed by atoms with van der Waals surface area (Å²) in [4.78, 5) is 12.2. The minimum atomic E-state index is 0.739. The van der Waals surface area contributed by atoms with Crippen LogP contribution in [0.4, 0.5) is 0 Å². The summed E-state index contributed by atoms with van der Waals surface area (Å²) in [5.74, 6) is 0. The maximum Gasteiger partial charge on any atom is 0.160 e. The molecule has 1 aromatic heterocycles. The first kappa shape index (κ1) is 9.24. The van der Waals surface area contributed by atoms with Gasteiger partial charge in [-0.3, -0.25) is 4.79 Å². The molecular formula is C9H5BrOS2. The Kier molecular flexibility index (Phi) is 2.45. The zero-order valence-corrected chi connectivity index (χ0v) is 9.75. The van der Waals surface area contributed by atoms with Gasteiger partial charge in [-0.25, -0.2) is 0 Å². The molecule has 66 valence electrons. The third kappa shape index (κ3) is 1.54. The van der Waals surface area contributed by atoms with Gasteiger partial charge in [0.05, 0.1) is 4.88 Å². The van der Waals surface area contributed by atoms with Gasteiger partial charge in [0.15, 0.2) is 6.29 Å². The van der Waals surface area contributed by atoms with Crippen LogP contribution in [0.5, 0.6) is 0 Å². The number of thiol groups is 1. The Labute approximate surface area is 93.3 Å². The average molecular weight is 273 g/mol. The molecular weight excluding hydrogens is 268 g/mol. The molecule has 0 radical (unpaired) electrons. The second-order valence-corrected chi connectivity index (χ2v) is 4.97. The van der Waals surface area contributed by atoms with E-state index in [-0.39, 0.29) is 0 Å². The van der Waals surface area contributed by atoms with Crippen LogP contribution in [-0.4, -0.2) is 6.29 Å². The van der Waals surface area contributed by atoms with Gasteiger partial charge in [-0.1, -0.05) is 6.07 Å². The standard InChI is InChI=1S/C9H5BrOS2/c10-7-2-1-5-3-6(4-11)13-9(5)8(7)12/h1-4,12H. The van der Waals surface area contributed by atoms with Crippen molar-refractivity contribution in [3.8, 4) is 0 Å². The van der Waals surface area contributed by atoms with E-state index < -0.39 is 0 Å². The molecule has 13 heavy (non-hydrogen) atoms. The summed E-state index contributed by atoms with van der Waals surface area (Å²) in [7, 11) is 0. The Hall–Kier alpha value is -0.320. The van der Waals surface area contributed by atoms with Gasteiger partial charge in [-0.05, 0) is 33.4 Å². The molecule has 1 heterocycles. The first-order valence-corrected chi connectivity index (χ1v) is 5.64. The summed E-state index contributed by atoms with van der Waals surface area (Å²) in [5, 5.41) is 1.07. The van der Waals surface area contributed by atoms with Crippen LogP contribution in [-0.2, 0) is 0 Å². The number of rotatable bonds is 1. The minimum Gasteiger partial charge on any atom is -0.297 e. The van der Waals surface area contributed by atoms with E-state index in [1.165, 1.54) is 11.3 Å². The van der Waals surface area contributed by atoms with E-state index in [0.29, 0.717) is 0 Å². The van der Waals surface area contributed by atoms with Crippen LogP contribution in [0.25, 0.3) is 10.1 Å². The van der Waals surface area contributed by atoms with Crippen molar-refractivity contribution in [2.75, 3.05) is 0 Å². The Morgan fingerprint density at radius 3 is 2.92 bits per heavy atom. The number of benzene rings is 1. The molecule has 0 saturated carbocycles. The fourth-order valence-corrected chi connectivity index (χ4v) is 2.87. The van der Waals surface area contributed by atoms with Crippen LogP contribution < -0.4 is 0 Å². The third-order valence-corrected chi connectivity index (χ3v) is 4.42. The SMILES string of the molecule is O=Cc1cc2ccc(Br)c(S)c2s1. The van der Waals surface area contributed by atoms with Crippen LogP contribution in [0.15, 0.2) is 27.6 Å². The van der Waals surface area contributed by atoms with E-state index in [2.05, 4.69) is 28.6 Å². The third-order valence-electron chi connectivity index (χ3n) is 1.75. The van der Waals surface area contributed by atoms with Crippen molar-refractivity contribution in [3.05, 3.63) is 27.5 Å². The molecule has 0 N–H and O–H groups in total. The summed E-state index contributed by atoms with van der Waals surface area (Å²) in [6.07, 6.45) is 0.867. The van der Waals surface area contributed by atoms with Gasteiger partial charge in [0.1, 0.15) is 0 Å². The van der Waals surface area contributed by atoms with Crippen molar-refractivity contribution < 1.29 is 4.79 Å². The summed E-state index contributed by atoms with van der Waals surface area (Å²) in [6, 6.07) is 5.79. The van der Waals surface area contributed by atoms with E-state index in [0.717, 1.165) is 30.6 Å². The van der Waals surface area contributed by atoms with Crippen molar-refractivity contribution in [2.45, 2.75) is 4.90 Å². The second kappa shape index (κ2) is 3.44. The highest BCUT2D eigenvalue weighted by Crippen LogP contribution is 2.34. The zero-order valence-electron chi connectivity index (χ0n) is 6.45. The molecule has 0 saturated heterocycles. The fraction of sp³-hybridized carbons (Fsp3) is 0. The predicted molar refractivity (Wildman–Crippen MR) is 62.2 cm³/mol. The largest absolute Gasteiger partial charge is 0.297 e.